The van der Waals surface area contributed by atoms with E-state index in [1.165, 1.54) is 66.8 Å². The van der Waals surface area contributed by atoms with Gasteiger partial charge in [0.2, 0.25) is 0 Å². The lowest BCUT2D eigenvalue weighted by Gasteiger charge is -2.33. The van der Waals surface area contributed by atoms with Crippen molar-refractivity contribution in [1.82, 2.24) is 15.0 Å². The van der Waals surface area contributed by atoms with E-state index in [1.54, 1.807) is 0 Å². The maximum Gasteiger partial charge on any atom is 0.164 e. The number of fused-ring (bicyclic) bond motifs is 13. The smallest absolute Gasteiger partial charge is 0.164 e. The second kappa shape index (κ2) is 15.8. The molecular weight excluding hydrogens is 861 g/mol. The van der Waals surface area contributed by atoms with Crippen molar-refractivity contribution >= 4 is 17.1 Å². The molecule has 0 saturated heterocycles. The highest BCUT2D eigenvalue weighted by atomic mass is 15.1. The SMILES string of the molecule is CC1(C)c2ccccc2-c2ccc(N(c3ccc4c(c3)C3(c5ccccc5-c5ccccc53)c3ccccc3-4)c3ccccc3-c3ccc(-c4nc(-c5ccccc5)nc(-c5ccccc5)n4)cc3)cc21. The molecule has 1 spiro atoms. The van der Waals surface area contributed by atoms with Crippen LogP contribution >= 0.6 is 0 Å². The van der Waals surface area contributed by atoms with Crippen LogP contribution in [0.5, 0.6) is 0 Å². The van der Waals surface area contributed by atoms with Crippen molar-refractivity contribution in [2.45, 2.75) is 24.7 Å². The summed E-state index contributed by atoms with van der Waals surface area (Å²) in [5.74, 6) is 1.91. The molecule has 1 aromatic heterocycles. The molecule has 10 aromatic carbocycles. The zero-order valence-electron chi connectivity index (χ0n) is 39.4. The van der Waals surface area contributed by atoms with Crippen molar-refractivity contribution in [1.29, 1.82) is 0 Å². The van der Waals surface area contributed by atoms with Gasteiger partial charge in [0, 0.05) is 39.0 Å². The minimum absolute atomic E-state index is 0.181. The molecule has 4 heteroatoms. The number of aromatic nitrogens is 3. The maximum absolute atomic E-state index is 5.05. The largest absolute Gasteiger partial charge is 0.310 e. The molecule has 0 unspecified atom stereocenters. The van der Waals surface area contributed by atoms with E-state index in [1.807, 2.05) is 60.7 Å². The Kier molecular flexibility index (Phi) is 9.12. The summed E-state index contributed by atoms with van der Waals surface area (Å²) in [5, 5.41) is 0. The topological polar surface area (TPSA) is 41.9 Å². The fourth-order valence-electron chi connectivity index (χ4n) is 12.1. The van der Waals surface area contributed by atoms with E-state index in [-0.39, 0.29) is 5.41 Å². The molecule has 0 atom stereocenters. The van der Waals surface area contributed by atoms with Gasteiger partial charge >= 0.3 is 0 Å². The number of para-hydroxylation sites is 1. The van der Waals surface area contributed by atoms with E-state index in [9.17, 15) is 0 Å². The molecule has 334 valence electrons. The highest BCUT2D eigenvalue weighted by Crippen LogP contribution is 2.63. The van der Waals surface area contributed by atoms with Gasteiger partial charge in [-0.2, -0.15) is 0 Å². The van der Waals surface area contributed by atoms with Crippen molar-refractivity contribution in [2.24, 2.45) is 0 Å². The number of nitrogens with zero attached hydrogens (tertiary/aromatic N) is 4. The van der Waals surface area contributed by atoms with Gasteiger partial charge in [-0.25, -0.2) is 15.0 Å². The zero-order chi connectivity index (χ0) is 47.3. The van der Waals surface area contributed by atoms with Crippen LogP contribution in [0.15, 0.2) is 243 Å². The lowest BCUT2D eigenvalue weighted by molar-refractivity contribution is 0.660. The molecule has 71 heavy (non-hydrogen) atoms. The van der Waals surface area contributed by atoms with E-state index in [4.69, 9.17) is 15.0 Å². The highest BCUT2D eigenvalue weighted by molar-refractivity contribution is 5.98. The first kappa shape index (κ1) is 41.0. The van der Waals surface area contributed by atoms with Crippen LogP contribution in [0.2, 0.25) is 0 Å². The van der Waals surface area contributed by atoms with Crippen LogP contribution in [-0.4, -0.2) is 15.0 Å². The van der Waals surface area contributed by atoms with E-state index in [0.29, 0.717) is 17.5 Å². The minimum atomic E-state index is -0.479. The second-order valence-corrected chi connectivity index (χ2v) is 19.5. The Morgan fingerprint density at radius 1 is 0.282 bits per heavy atom. The van der Waals surface area contributed by atoms with Crippen LogP contribution in [0.1, 0.15) is 47.2 Å². The Balaban J connectivity index is 0.954. The standard InChI is InChI=1S/C67H46N4/c1-66(2)56-28-14-9-24-50(56)54-39-37-47(41-60(54)66)71(48-38-40-55-53-27-12-17-31-59(53)67(61(55)42-48)57-29-15-10-25-51(57)52-26-11-16-30-58(52)67)62-32-18-13-23-49(62)43-33-35-46(36-34-43)65-69-63(44-19-5-3-6-20-44)68-64(70-65)45-21-7-4-8-22-45/h3-42H,1-2H3. The molecule has 0 radical (unpaired) electrons. The van der Waals surface area contributed by atoms with Crippen LogP contribution in [0.25, 0.3) is 78.7 Å². The molecule has 14 rings (SSSR count). The molecule has 3 aliphatic rings. The summed E-state index contributed by atoms with van der Waals surface area (Å²) in [6, 6.07) is 88.2. The van der Waals surface area contributed by atoms with Crippen LogP contribution in [0, 0.1) is 0 Å². The molecule has 0 fully saturated rings. The Morgan fingerprint density at radius 2 is 0.634 bits per heavy atom. The predicted octanol–water partition coefficient (Wildman–Crippen LogP) is 16.7. The predicted molar refractivity (Wildman–Crippen MR) is 290 cm³/mol. The minimum Gasteiger partial charge on any atom is -0.310 e. The third-order valence-electron chi connectivity index (χ3n) is 15.4. The Bertz CT molecular complexity index is 3790. The zero-order valence-corrected chi connectivity index (χ0v) is 39.4. The quantitative estimate of drug-likeness (QED) is 0.160. The van der Waals surface area contributed by atoms with Crippen LogP contribution in [0.4, 0.5) is 17.1 Å². The van der Waals surface area contributed by atoms with Gasteiger partial charge in [-0.05, 0) is 103 Å². The Hall–Kier alpha value is -8.99. The number of hydrogen-bond donors (Lipinski definition) is 0. The van der Waals surface area contributed by atoms with Gasteiger partial charge in [0.1, 0.15) is 0 Å². The Labute approximate surface area is 414 Å². The van der Waals surface area contributed by atoms with Crippen molar-refractivity contribution in [3.8, 4) is 78.7 Å². The molecule has 0 aliphatic heterocycles. The summed E-state index contributed by atoms with van der Waals surface area (Å²) >= 11 is 0. The van der Waals surface area contributed by atoms with Crippen molar-refractivity contribution in [2.75, 3.05) is 4.90 Å². The number of benzene rings is 10. The van der Waals surface area contributed by atoms with Crippen LogP contribution in [-0.2, 0) is 10.8 Å². The van der Waals surface area contributed by atoms with Gasteiger partial charge in [0.15, 0.2) is 17.5 Å². The summed E-state index contributed by atoms with van der Waals surface area (Å²) in [6.07, 6.45) is 0. The molecule has 11 aromatic rings. The fraction of sp³-hybridized carbons (Fsp3) is 0.0597. The van der Waals surface area contributed by atoms with Gasteiger partial charge < -0.3 is 4.90 Å². The summed E-state index contributed by atoms with van der Waals surface area (Å²) in [5.41, 5.74) is 23.4. The lowest BCUT2D eigenvalue weighted by atomic mass is 9.70. The third-order valence-corrected chi connectivity index (χ3v) is 15.4. The van der Waals surface area contributed by atoms with Gasteiger partial charge in [-0.3, -0.25) is 0 Å². The third kappa shape index (κ3) is 6.14. The first-order valence-electron chi connectivity index (χ1n) is 24.5. The van der Waals surface area contributed by atoms with Crippen LogP contribution < -0.4 is 4.90 Å². The molecular formula is C67H46N4. The first-order valence-corrected chi connectivity index (χ1v) is 24.5. The average Bonchev–Trinajstić information content (AvgIpc) is 4.00. The monoisotopic (exact) mass is 906 g/mol. The Morgan fingerprint density at radius 3 is 1.14 bits per heavy atom. The molecule has 1 heterocycles. The van der Waals surface area contributed by atoms with Crippen LogP contribution in [0.3, 0.4) is 0 Å². The number of rotatable bonds is 7. The molecule has 0 N–H and O–H groups in total. The summed E-state index contributed by atoms with van der Waals surface area (Å²) < 4.78 is 0. The number of hydrogen-bond acceptors (Lipinski definition) is 4. The second-order valence-electron chi connectivity index (χ2n) is 19.5. The maximum atomic E-state index is 5.05. The van der Waals surface area contributed by atoms with Gasteiger partial charge in [-0.1, -0.05) is 226 Å². The summed E-state index contributed by atoms with van der Waals surface area (Å²) in [7, 11) is 0. The average molecular weight is 907 g/mol. The molecule has 0 amide bonds. The van der Waals surface area contributed by atoms with Gasteiger partial charge in [0.05, 0.1) is 11.1 Å². The van der Waals surface area contributed by atoms with Crippen molar-refractivity contribution in [3.05, 3.63) is 276 Å². The molecule has 0 saturated carbocycles. The van der Waals surface area contributed by atoms with Gasteiger partial charge in [-0.15, -0.1) is 0 Å². The van der Waals surface area contributed by atoms with Gasteiger partial charge in [0.25, 0.3) is 0 Å². The fourth-order valence-corrected chi connectivity index (χ4v) is 12.1. The van der Waals surface area contributed by atoms with Crippen molar-refractivity contribution < 1.29 is 0 Å². The normalized spacial score (nSPS) is 13.7. The lowest BCUT2D eigenvalue weighted by Crippen LogP contribution is -2.26. The molecule has 4 nitrogen and oxygen atoms in total. The number of anilines is 3. The van der Waals surface area contributed by atoms with E-state index >= 15 is 0 Å². The molecule has 0 bridgehead atoms. The van der Waals surface area contributed by atoms with E-state index in [2.05, 4.69) is 201 Å². The summed E-state index contributed by atoms with van der Waals surface area (Å²) in [6.45, 7) is 4.73. The highest BCUT2D eigenvalue weighted by Gasteiger charge is 2.51. The van der Waals surface area contributed by atoms with E-state index < -0.39 is 5.41 Å². The first-order chi connectivity index (χ1) is 35.0. The van der Waals surface area contributed by atoms with Crippen molar-refractivity contribution in [3.63, 3.8) is 0 Å². The summed E-state index contributed by atoms with van der Waals surface area (Å²) in [4.78, 5) is 17.6. The molecule has 3 aliphatic carbocycles. The van der Waals surface area contributed by atoms with E-state index in [0.717, 1.165) is 44.9 Å².